The number of carbonyl (C=O) groups excluding carboxylic acids is 1. The Morgan fingerprint density at radius 3 is 2.68 bits per heavy atom. The molecule has 0 aliphatic heterocycles. The van der Waals surface area contributed by atoms with Crippen molar-refractivity contribution >= 4 is 22.8 Å². The van der Waals surface area contributed by atoms with Crippen LogP contribution >= 0.6 is 0 Å². The monoisotopic (exact) mass is 386 g/mol. The zero-order chi connectivity index (χ0) is 19.9. The van der Waals surface area contributed by atoms with Crippen LogP contribution in [0.5, 0.6) is 0 Å². The van der Waals surface area contributed by atoms with Crippen molar-refractivity contribution in [2.24, 2.45) is 7.05 Å². The summed E-state index contributed by atoms with van der Waals surface area (Å²) in [5.41, 5.74) is -0.0787. The second-order valence-corrected chi connectivity index (χ2v) is 6.08. The zero-order valence-electron chi connectivity index (χ0n) is 14.4. The van der Waals surface area contributed by atoms with Gasteiger partial charge in [0.1, 0.15) is 17.8 Å². The van der Waals surface area contributed by atoms with E-state index in [0.29, 0.717) is 11.0 Å². The molecule has 28 heavy (non-hydrogen) atoms. The fourth-order valence-corrected chi connectivity index (χ4v) is 2.85. The van der Waals surface area contributed by atoms with Gasteiger partial charge in [-0.25, -0.2) is 4.98 Å². The van der Waals surface area contributed by atoms with Crippen LogP contribution in [0.3, 0.4) is 0 Å². The number of aromatic amines is 1. The van der Waals surface area contributed by atoms with E-state index < -0.39 is 17.6 Å². The standard InChI is InChI=1S/C18H13F3N6O/c1-27-9-22-26-16(27)17(28)25-14-7-6-10-8-13(23-15(10)24-14)11-4-2-3-5-12(11)18(19,20)21/h2-9H,1H3,(H2,23,24,25,28). The molecule has 4 aromatic rings. The minimum Gasteiger partial charge on any atom is -0.339 e. The smallest absolute Gasteiger partial charge is 0.339 e. The van der Waals surface area contributed by atoms with Gasteiger partial charge in [0.25, 0.3) is 5.91 Å². The lowest BCUT2D eigenvalue weighted by atomic mass is 10.0. The van der Waals surface area contributed by atoms with Crippen LogP contribution in [0, 0.1) is 0 Å². The van der Waals surface area contributed by atoms with Gasteiger partial charge >= 0.3 is 6.18 Å². The van der Waals surface area contributed by atoms with Gasteiger partial charge in [-0.15, -0.1) is 10.2 Å². The lowest BCUT2D eigenvalue weighted by molar-refractivity contribution is -0.137. The molecule has 3 heterocycles. The van der Waals surface area contributed by atoms with Crippen LogP contribution < -0.4 is 5.32 Å². The molecule has 1 aromatic carbocycles. The third-order valence-corrected chi connectivity index (χ3v) is 4.16. The molecular weight excluding hydrogens is 373 g/mol. The number of nitrogens with zero attached hydrogens (tertiary/aromatic N) is 4. The molecule has 7 nitrogen and oxygen atoms in total. The van der Waals surface area contributed by atoms with E-state index in [1.54, 1.807) is 25.2 Å². The molecule has 0 atom stereocenters. The summed E-state index contributed by atoms with van der Waals surface area (Å²) < 4.78 is 41.3. The van der Waals surface area contributed by atoms with Gasteiger partial charge in [0.05, 0.1) is 5.56 Å². The van der Waals surface area contributed by atoms with Gasteiger partial charge in [-0.1, -0.05) is 18.2 Å². The van der Waals surface area contributed by atoms with Crippen LogP contribution in [0.4, 0.5) is 19.0 Å². The number of hydrogen-bond acceptors (Lipinski definition) is 4. The van der Waals surface area contributed by atoms with E-state index in [9.17, 15) is 18.0 Å². The Kier molecular flexibility index (Phi) is 4.10. The molecule has 0 bridgehead atoms. The number of rotatable bonds is 3. The van der Waals surface area contributed by atoms with Gasteiger partial charge in [-0.05, 0) is 24.3 Å². The second-order valence-electron chi connectivity index (χ2n) is 6.08. The van der Waals surface area contributed by atoms with E-state index in [4.69, 9.17) is 0 Å². The van der Waals surface area contributed by atoms with Gasteiger partial charge < -0.3 is 14.9 Å². The number of amides is 1. The predicted octanol–water partition coefficient (Wildman–Crippen LogP) is 3.63. The van der Waals surface area contributed by atoms with Crippen LogP contribution in [0.15, 0.2) is 48.8 Å². The molecule has 2 N–H and O–H groups in total. The number of anilines is 1. The summed E-state index contributed by atoms with van der Waals surface area (Å²) in [6, 6.07) is 10.1. The number of benzene rings is 1. The molecule has 0 saturated heterocycles. The molecule has 1 amide bonds. The van der Waals surface area contributed by atoms with Crippen molar-refractivity contribution < 1.29 is 18.0 Å². The highest BCUT2D eigenvalue weighted by Gasteiger charge is 2.33. The summed E-state index contributed by atoms with van der Waals surface area (Å²) in [5, 5.41) is 10.5. The SMILES string of the molecule is Cn1cnnc1C(=O)Nc1ccc2cc(-c3ccccc3C(F)(F)F)[nH]c2n1. The van der Waals surface area contributed by atoms with Crippen molar-refractivity contribution in [3.05, 3.63) is 60.2 Å². The van der Waals surface area contributed by atoms with Crippen LogP contribution in [0.2, 0.25) is 0 Å². The predicted molar refractivity (Wildman–Crippen MR) is 95.5 cm³/mol. The number of aryl methyl sites for hydroxylation is 1. The van der Waals surface area contributed by atoms with Crippen LogP contribution in [0.25, 0.3) is 22.3 Å². The number of halogens is 3. The van der Waals surface area contributed by atoms with E-state index in [2.05, 4.69) is 25.5 Å². The molecule has 0 aliphatic carbocycles. The van der Waals surface area contributed by atoms with Crippen molar-refractivity contribution in [2.45, 2.75) is 6.18 Å². The number of aromatic nitrogens is 5. The van der Waals surface area contributed by atoms with Gasteiger partial charge in [0.15, 0.2) is 0 Å². The number of pyridine rings is 1. The fraction of sp³-hybridized carbons (Fsp3) is 0.111. The largest absolute Gasteiger partial charge is 0.417 e. The van der Waals surface area contributed by atoms with E-state index >= 15 is 0 Å². The maximum absolute atomic E-state index is 13.3. The Labute approximate surface area is 156 Å². The summed E-state index contributed by atoms with van der Waals surface area (Å²) >= 11 is 0. The number of fused-ring (bicyclic) bond motifs is 1. The summed E-state index contributed by atoms with van der Waals surface area (Å²) in [4.78, 5) is 19.4. The molecule has 0 radical (unpaired) electrons. The van der Waals surface area contributed by atoms with E-state index in [1.807, 2.05) is 0 Å². The lowest BCUT2D eigenvalue weighted by Gasteiger charge is -2.11. The first-order valence-electron chi connectivity index (χ1n) is 8.14. The highest BCUT2D eigenvalue weighted by atomic mass is 19.4. The Hall–Kier alpha value is -3.69. The Bertz CT molecular complexity index is 1180. The normalized spacial score (nSPS) is 11.7. The van der Waals surface area contributed by atoms with Crippen molar-refractivity contribution in [3.8, 4) is 11.3 Å². The third kappa shape index (κ3) is 3.20. The quantitative estimate of drug-likeness (QED) is 0.563. The number of carbonyl (C=O) groups is 1. The van der Waals surface area contributed by atoms with Gasteiger partial charge in [0, 0.05) is 23.7 Å². The highest BCUT2D eigenvalue weighted by Crippen LogP contribution is 2.37. The molecule has 0 aliphatic rings. The van der Waals surface area contributed by atoms with Crippen molar-refractivity contribution in [1.82, 2.24) is 24.7 Å². The molecule has 10 heteroatoms. The first-order chi connectivity index (χ1) is 13.3. The summed E-state index contributed by atoms with van der Waals surface area (Å²) in [5.74, 6) is -0.160. The molecule has 0 spiro atoms. The average Bonchev–Trinajstić information content (AvgIpc) is 3.26. The van der Waals surface area contributed by atoms with Gasteiger partial charge in [-0.3, -0.25) is 4.79 Å². The lowest BCUT2D eigenvalue weighted by Crippen LogP contribution is -2.17. The van der Waals surface area contributed by atoms with E-state index in [1.165, 1.54) is 29.1 Å². The molecule has 0 saturated carbocycles. The van der Waals surface area contributed by atoms with Crippen LogP contribution in [-0.4, -0.2) is 30.6 Å². The highest BCUT2D eigenvalue weighted by molar-refractivity contribution is 6.01. The Balaban J connectivity index is 1.68. The first kappa shape index (κ1) is 17.7. The number of nitrogens with one attached hydrogen (secondary N) is 2. The number of hydrogen-bond donors (Lipinski definition) is 2. The van der Waals surface area contributed by atoms with E-state index in [-0.39, 0.29) is 22.9 Å². The minimum atomic E-state index is -4.48. The maximum Gasteiger partial charge on any atom is 0.417 e. The van der Waals surface area contributed by atoms with Crippen molar-refractivity contribution in [2.75, 3.05) is 5.32 Å². The Morgan fingerprint density at radius 2 is 1.96 bits per heavy atom. The summed E-state index contributed by atoms with van der Waals surface area (Å²) in [7, 11) is 1.63. The minimum absolute atomic E-state index is 0.0256. The van der Waals surface area contributed by atoms with Gasteiger partial charge in [-0.2, -0.15) is 13.2 Å². The molecule has 142 valence electrons. The third-order valence-electron chi connectivity index (χ3n) is 4.16. The summed E-state index contributed by atoms with van der Waals surface area (Å²) in [6.45, 7) is 0. The summed E-state index contributed by atoms with van der Waals surface area (Å²) in [6.07, 6.45) is -3.09. The topological polar surface area (TPSA) is 88.5 Å². The Morgan fingerprint density at radius 1 is 1.18 bits per heavy atom. The molecule has 3 aromatic heterocycles. The second kappa shape index (κ2) is 6.48. The molecule has 0 unspecified atom stereocenters. The van der Waals surface area contributed by atoms with Crippen molar-refractivity contribution in [3.63, 3.8) is 0 Å². The maximum atomic E-state index is 13.3. The first-order valence-corrected chi connectivity index (χ1v) is 8.14. The number of alkyl halides is 3. The number of H-pyrrole nitrogens is 1. The molecule has 0 fully saturated rings. The van der Waals surface area contributed by atoms with Gasteiger partial charge in [0.2, 0.25) is 5.82 Å². The van der Waals surface area contributed by atoms with Crippen LogP contribution in [-0.2, 0) is 13.2 Å². The fourth-order valence-electron chi connectivity index (χ4n) is 2.85. The molecule has 4 rings (SSSR count). The van der Waals surface area contributed by atoms with Crippen LogP contribution in [0.1, 0.15) is 16.2 Å². The molecular formula is C18H13F3N6O. The average molecular weight is 386 g/mol. The van der Waals surface area contributed by atoms with Crippen molar-refractivity contribution in [1.29, 1.82) is 0 Å². The zero-order valence-corrected chi connectivity index (χ0v) is 14.4. The van der Waals surface area contributed by atoms with E-state index in [0.717, 1.165) is 6.07 Å².